The number of hydrogen-bond acceptors (Lipinski definition) is 3. The highest BCUT2D eigenvalue weighted by Crippen LogP contribution is 2.20. The van der Waals surface area contributed by atoms with E-state index < -0.39 is 22.0 Å². The first-order chi connectivity index (χ1) is 14.3. The van der Waals surface area contributed by atoms with E-state index in [9.17, 15) is 13.2 Å². The number of halogens is 1. The average molecular weight is 443 g/mol. The molecule has 0 aromatic heterocycles. The number of anilines is 1. The summed E-state index contributed by atoms with van der Waals surface area (Å²) in [7, 11) is -3.92. The Bertz CT molecular complexity index is 1130. The van der Waals surface area contributed by atoms with E-state index in [-0.39, 0.29) is 11.3 Å². The number of amides is 1. The normalized spacial score (nSPS) is 12.4. The molecule has 7 heteroatoms. The lowest BCUT2D eigenvalue weighted by Crippen LogP contribution is -2.45. The van der Waals surface area contributed by atoms with Crippen molar-refractivity contribution >= 4 is 33.2 Å². The number of sulfonamides is 1. The molecule has 2 N–H and O–H groups in total. The summed E-state index contributed by atoms with van der Waals surface area (Å²) in [6.45, 7) is 3.87. The van der Waals surface area contributed by atoms with Crippen LogP contribution >= 0.6 is 11.6 Å². The molecule has 0 aliphatic heterocycles. The van der Waals surface area contributed by atoms with Crippen LogP contribution in [-0.2, 0) is 21.2 Å². The molecule has 30 heavy (non-hydrogen) atoms. The Morgan fingerprint density at radius 2 is 1.60 bits per heavy atom. The molecule has 0 bridgehead atoms. The SMILES string of the molecule is Cc1cccc(NC(=O)C(Cc2ccccc2)NS(=O)(=O)c2ccc(Cl)cc2)c1C. The summed E-state index contributed by atoms with van der Waals surface area (Å²) in [4.78, 5) is 13.1. The molecular weight excluding hydrogens is 420 g/mol. The minimum Gasteiger partial charge on any atom is -0.324 e. The quantitative estimate of drug-likeness (QED) is 0.566. The van der Waals surface area contributed by atoms with Gasteiger partial charge in [0.15, 0.2) is 0 Å². The number of benzene rings is 3. The Labute approximate surface area is 182 Å². The topological polar surface area (TPSA) is 75.3 Å². The molecule has 0 radical (unpaired) electrons. The highest BCUT2D eigenvalue weighted by atomic mass is 35.5. The van der Waals surface area contributed by atoms with Crippen molar-refractivity contribution in [3.63, 3.8) is 0 Å². The van der Waals surface area contributed by atoms with Crippen molar-refractivity contribution in [2.45, 2.75) is 31.2 Å². The summed E-state index contributed by atoms with van der Waals surface area (Å²) in [6, 6.07) is 19.7. The van der Waals surface area contributed by atoms with Gasteiger partial charge in [0.1, 0.15) is 6.04 Å². The fraction of sp³-hybridized carbons (Fsp3) is 0.174. The molecule has 0 aliphatic carbocycles. The Kier molecular flexibility index (Phi) is 6.92. The van der Waals surface area contributed by atoms with E-state index in [1.807, 2.05) is 56.3 Å². The van der Waals surface area contributed by atoms with Crippen LogP contribution in [0, 0.1) is 13.8 Å². The second-order valence-electron chi connectivity index (χ2n) is 7.05. The lowest BCUT2D eigenvalue weighted by molar-refractivity contribution is -0.117. The van der Waals surface area contributed by atoms with Crippen molar-refractivity contribution in [3.8, 4) is 0 Å². The number of rotatable bonds is 7. The third kappa shape index (κ3) is 5.48. The number of hydrogen-bond donors (Lipinski definition) is 2. The molecule has 1 amide bonds. The van der Waals surface area contributed by atoms with Crippen molar-refractivity contribution in [3.05, 3.63) is 94.5 Å². The van der Waals surface area contributed by atoms with E-state index in [2.05, 4.69) is 10.0 Å². The van der Waals surface area contributed by atoms with Crippen molar-refractivity contribution < 1.29 is 13.2 Å². The molecule has 3 aromatic rings. The fourth-order valence-corrected chi connectivity index (χ4v) is 4.33. The Morgan fingerprint density at radius 1 is 0.933 bits per heavy atom. The molecule has 0 aliphatic rings. The molecule has 3 rings (SSSR count). The van der Waals surface area contributed by atoms with E-state index >= 15 is 0 Å². The Hall–Kier alpha value is -2.67. The zero-order valence-electron chi connectivity index (χ0n) is 16.7. The number of carbonyl (C=O) groups is 1. The Balaban J connectivity index is 1.88. The minimum absolute atomic E-state index is 0.0458. The second kappa shape index (κ2) is 9.43. The van der Waals surface area contributed by atoms with Gasteiger partial charge < -0.3 is 5.32 Å². The summed E-state index contributed by atoms with van der Waals surface area (Å²) >= 11 is 5.86. The molecule has 1 unspecified atom stereocenters. The average Bonchev–Trinajstić information content (AvgIpc) is 2.72. The summed E-state index contributed by atoms with van der Waals surface area (Å²) in [5, 5.41) is 3.30. The van der Waals surface area contributed by atoms with Crippen LogP contribution in [0.3, 0.4) is 0 Å². The van der Waals surface area contributed by atoms with Gasteiger partial charge in [-0.25, -0.2) is 8.42 Å². The standard InChI is InChI=1S/C23H23ClN2O3S/c1-16-7-6-10-21(17(16)2)25-23(27)22(15-18-8-4-3-5-9-18)26-30(28,29)20-13-11-19(24)12-14-20/h3-14,22,26H,15H2,1-2H3,(H,25,27). The van der Waals surface area contributed by atoms with Crippen LogP contribution in [0.5, 0.6) is 0 Å². The molecule has 156 valence electrons. The van der Waals surface area contributed by atoms with Gasteiger partial charge in [0.05, 0.1) is 4.90 Å². The summed E-state index contributed by atoms with van der Waals surface area (Å²) in [5.74, 6) is -0.426. The lowest BCUT2D eigenvalue weighted by Gasteiger charge is -2.20. The van der Waals surface area contributed by atoms with Crippen LogP contribution in [-0.4, -0.2) is 20.4 Å². The zero-order valence-corrected chi connectivity index (χ0v) is 18.3. The van der Waals surface area contributed by atoms with Crippen LogP contribution in [0.4, 0.5) is 5.69 Å². The van der Waals surface area contributed by atoms with Gasteiger partial charge in [-0.1, -0.05) is 54.1 Å². The van der Waals surface area contributed by atoms with Crippen LogP contribution < -0.4 is 10.0 Å². The first-order valence-electron chi connectivity index (χ1n) is 9.45. The van der Waals surface area contributed by atoms with Gasteiger partial charge in [0.25, 0.3) is 0 Å². The smallest absolute Gasteiger partial charge is 0.242 e. The number of aryl methyl sites for hydroxylation is 1. The maximum atomic E-state index is 13.1. The molecule has 0 spiro atoms. The lowest BCUT2D eigenvalue weighted by atomic mass is 10.0. The highest BCUT2D eigenvalue weighted by Gasteiger charge is 2.26. The van der Waals surface area contributed by atoms with Gasteiger partial charge in [-0.2, -0.15) is 4.72 Å². The van der Waals surface area contributed by atoms with E-state index in [0.29, 0.717) is 10.7 Å². The van der Waals surface area contributed by atoms with Crippen LogP contribution in [0.1, 0.15) is 16.7 Å². The molecule has 3 aromatic carbocycles. The van der Waals surface area contributed by atoms with Gasteiger partial charge in [0.2, 0.25) is 15.9 Å². The first-order valence-corrected chi connectivity index (χ1v) is 11.3. The van der Waals surface area contributed by atoms with Crippen molar-refractivity contribution in [1.82, 2.24) is 4.72 Å². The van der Waals surface area contributed by atoms with Gasteiger partial charge in [-0.15, -0.1) is 0 Å². The Morgan fingerprint density at radius 3 is 2.27 bits per heavy atom. The molecule has 0 saturated heterocycles. The summed E-state index contributed by atoms with van der Waals surface area (Å²) in [6.07, 6.45) is 0.213. The van der Waals surface area contributed by atoms with Gasteiger partial charge >= 0.3 is 0 Å². The summed E-state index contributed by atoms with van der Waals surface area (Å²) < 4.78 is 28.3. The third-order valence-corrected chi connectivity index (χ3v) is 6.62. The van der Waals surface area contributed by atoms with Gasteiger partial charge in [-0.05, 0) is 67.3 Å². The monoisotopic (exact) mass is 442 g/mol. The fourth-order valence-electron chi connectivity index (χ4n) is 3.01. The highest BCUT2D eigenvalue weighted by molar-refractivity contribution is 7.89. The van der Waals surface area contributed by atoms with E-state index in [1.54, 1.807) is 6.07 Å². The van der Waals surface area contributed by atoms with E-state index in [1.165, 1.54) is 24.3 Å². The second-order valence-corrected chi connectivity index (χ2v) is 9.20. The molecule has 1 atom stereocenters. The molecular formula is C23H23ClN2O3S. The minimum atomic E-state index is -3.92. The molecule has 0 saturated carbocycles. The predicted molar refractivity (Wildman–Crippen MR) is 120 cm³/mol. The van der Waals surface area contributed by atoms with Gasteiger partial charge in [-0.3, -0.25) is 4.79 Å². The molecule has 0 fully saturated rings. The maximum absolute atomic E-state index is 13.1. The zero-order chi connectivity index (χ0) is 21.7. The van der Waals surface area contributed by atoms with Crippen LogP contribution in [0.2, 0.25) is 5.02 Å². The largest absolute Gasteiger partial charge is 0.324 e. The van der Waals surface area contributed by atoms with Crippen molar-refractivity contribution in [1.29, 1.82) is 0 Å². The van der Waals surface area contributed by atoms with Crippen molar-refractivity contribution in [2.24, 2.45) is 0 Å². The predicted octanol–water partition coefficient (Wildman–Crippen LogP) is 4.49. The molecule has 0 heterocycles. The number of carbonyl (C=O) groups excluding carboxylic acids is 1. The third-order valence-electron chi connectivity index (χ3n) is 4.88. The maximum Gasteiger partial charge on any atom is 0.242 e. The molecule has 5 nitrogen and oxygen atoms in total. The van der Waals surface area contributed by atoms with Crippen molar-refractivity contribution in [2.75, 3.05) is 5.32 Å². The first kappa shape index (κ1) is 22.0. The van der Waals surface area contributed by atoms with Crippen LogP contribution in [0.25, 0.3) is 0 Å². The van der Waals surface area contributed by atoms with Crippen LogP contribution in [0.15, 0.2) is 77.7 Å². The summed E-state index contributed by atoms with van der Waals surface area (Å²) in [5.41, 5.74) is 3.47. The number of nitrogens with one attached hydrogen (secondary N) is 2. The van der Waals surface area contributed by atoms with E-state index in [0.717, 1.165) is 16.7 Å². The van der Waals surface area contributed by atoms with E-state index in [4.69, 9.17) is 11.6 Å². The van der Waals surface area contributed by atoms with Gasteiger partial charge in [0, 0.05) is 10.7 Å².